The fourth-order valence-electron chi connectivity index (χ4n) is 1.26. The van der Waals surface area contributed by atoms with Gasteiger partial charge in [0.1, 0.15) is 11.6 Å². The normalized spacial score (nSPS) is 10.0. The standard InChI is InChI=1S/C11H12FNO4/c1-13(5-4-10(15)16)11(17)8-3-2-7(12)6-9(8)14/h2-3,6,14H,4-5H2,1H3,(H,15,16). The van der Waals surface area contributed by atoms with E-state index in [1.165, 1.54) is 7.05 Å². The highest BCUT2D eigenvalue weighted by molar-refractivity contribution is 5.96. The molecular formula is C11H12FNO4. The molecule has 0 unspecified atom stereocenters. The van der Waals surface area contributed by atoms with E-state index in [2.05, 4.69) is 0 Å². The van der Waals surface area contributed by atoms with Crippen molar-refractivity contribution in [2.24, 2.45) is 0 Å². The molecule has 0 heterocycles. The lowest BCUT2D eigenvalue weighted by Gasteiger charge is -2.16. The highest BCUT2D eigenvalue weighted by Crippen LogP contribution is 2.19. The number of phenols is 1. The lowest BCUT2D eigenvalue weighted by molar-refractivity contribution is -0.137. The minimum Gasteiger partial charge on any atom is -0.507 e. The summed E-state index contributed by atoms with van der Waals surface area (Å²) < 4.78 is 12.7. The molecule has 2 N–H and O–H groups in total. The number of phenolic OH excluding ortho intramolecular Hbond substituents is 1. The maximum absolute atomic E-state index is 12.7. The Balaban J connectivity index is 2.78. The molecular weight excluding hydrogens is 229 g/mol. The van der Waals surface area contributed by atoms with Gasteiger partial charge in [-0.2, -0.15) is 0 Å². The number of hydrogen-bond donors (Lipinski definition) is 2. The predicted molar refractivity (Wildman–Crippen MR) is 57.3 cm³/mol. The van der Waals surface area contributed by atoms with Crippen LogP contribution in [0.15, 0.2) is 18.2 Å². The summed E-state index contributed by atoms with van der Waals surface area (Å²) in [7, 11) is 1.41. The average molecular weight is 241 g/mol. The minimum atomic E-state index is -1.02. The Labute approximate surface area is 97.1 Å². The number of amides is 1. The zero-order valence-corrected chi connectivity index (χ0v) is 9.18. The van der Waals surface area contributed by atoms with Crippen molar-refractivity contribution in [3.05, 3.63) is 29.6 Å². The first kappa shape index (κ1) is 13.0. The molecule has 0 aromatic heterocycles. The molecule has 1 aromatic rings. The summed E-state index contributed by atoms with van der Waals surface area (Å²) >= 11 is 0. The number of carbonyl (C=O) groups excluding carboxylic acids is 1. The van der Waals surface area contributed by atoms with Crippen molar-refractivity contribution in [1.29, 1.82) is 0 Å². The van der Waals surface area contributed by atoms with Gasteiger partial charge in [-0.15, -0.1) is 0 Å². The molecule has 0 aliphatic heterocycles. The van der Waals surface area contributed by atoms with Gasteiger partial charge >= 0.3 is 5.97 Å². The van der Waals surface area contributed by atoms with Crippen LogP contribution in [0.2, 0.25) is 0 Å². The summed E-state index contributed by atoms with van der Waals surface area (Å²) in [5.74, 6) is -2.68. The van der Waals surface area contributed by atoms with E-state index in [0.717, 1.165) is 23.1 Å². The van der Waals surface area contributed by atoms with Crippen molar-refractivity contribution < 1.29 is 24.2 Å². The largest absolute Gasteiger partial charge is 0.507 e. The Bertz CT molecular complexity index is 447. The molecule has 17 heavy (non-hydrogen) atoms. The quantitative estimate of drug-likeness (QED) is 0.826. The van der Waals surface area contributed by atoms with Crippen LogP contribution in [0.1, 0.15) is 16.8 Å². The van der Waals surface area contributed by atoms with Crippen LogP contribution in [-0.4, -0.2) is 40.6 Å². The van der Waals surface area contributed by atoms with E-state index in [4.69, 9.17) is 5.11 Å². The molecule has 92 valence electrons. The van der Waals surface area contributed by atoms with Crippen molar-refractivity contribution in [1.82, 2.24) is 4.90 Å². The predicted octanol–water partition coefficient (Wildman–Crippen LogP) is 1.08. The van der Waals surface area contributed by atoms with Gasteiger partial charge in [-0.05, 0) is 12.1 Å². The Hall–Kier alpha value is -2.11. The van der Waals surface area contributed by atoms with E-state index in [1.807, 2.05) is 0 Å². The van der Waals surface area contributed by atoms with Gasteiger partial charge in [-0.1, -0.05) is 0 Å². The van der Waals surface area contributed by atoms with Gasteiger partial charge in [-0.3, -0.25) is 9.59 Å². The molecule has 0 saturated carbocycles. The molecule has 0 aliphatic carbocycles. The van der Waals surface area contributed by atoms with Crippen LogP contribution in [0.3, 0.4) is 0 Å². The number of halogens is 1. The second-order valence-corrected chi connectivity index (χ2v) is 3.53. The van der Waals surface area contributed by atoms with Crippen LogP contribution >= 0.6 is 0 Å². The average Bonchev–Trinajstić information content (AvgIpc) is 2.25. The van der Waals surface area contributed by atoms with Crippen LogP contribution in [0, 0.1) is 5.82 Å². The first-order valence-corrected chi connectivity index (χ1v) is 4.87. The topological polar surface area (TPSA) is 77.8 Å². The molecule has 0 bridgehead atoms. The number of aliphatic carboxylic acids is 1. The molecule has 0 spiro atoms. The molecule has 6 heteroatoms. The van der Waals surface area contributed by atoms with E-state index in [1.54, 1.807) is 0 Å². The molecule has 0 radical (unpaired) electrons. The summed E-state index contributed by atoms with van der Waals surface area (Å²) in [5, 5.41) is 17.9. The Kier molecular flexibility index (Phi) is 4.03. The number of carbonyl (C=O) groups is 2. The zero-order chi connectivity index (χ0) is 13.0. The van der Waals surface area contributed by atoms with Crippen molar-refractivity contribution >= 4 is 11.9 Å². The number of carboxylic acid groups (broad SMARTS) is 1. The Morgan fingerprint density at radius 3 is 2.59 bits per heavy atom. The molecule has 0 saturated heterocycles. The van der Waals surface area contributed by atoms with Crippen molar-refractivity contribution in [3.8, 4) is 5.75 Å². The van der Waals surface area contributed by atoms with Crippen LogP contribution in [0.5, 0.6) is 5.75 Å². The number of carboxylic acids is 1. The number of nitrogens with zero attached hydrogens (tertiary/aromatic N) is 1. The third-order valence-electron chi connectivity index (χ3n) is 2.20. The maximum Gasteiger partial charge on any atom is 0.305 e. The molecule has 0 atom stereocenters. The fourth-order valence-corrected chi connectivity index (χ4v) is 1.26. The molecule has 1 amide bonds. The lowest BCUT2D eigenvalue weighted by Crippen LogP contribution is -2.29. The first-order valence-electron chi connectivity index (χ1n) is 4.87. The van der Waals surface area contributed by atoms with E-state index in [-0.39, 0.29) is 18.5 Å². The van der Waals surface area contributed by atoms with Gasteiger partial charge in [0.25, 0.3) is 5.91 Å². The molecule has 1 aromatic carbocycles. The van der Waals surface area contributed by atoms with Crippen LogP contribution in [0.4, 0.5) is 4.39 Å². The van der Waals surface area contributed by atoms with E-state index in [0.29, 0.717) is 0 Å². The Morgan fingerprint density at radius 1 is 1.41 bits per heavy atom. The fraction of sp³-hybridized carbons (Fsp3) is 0.273. The second kappa shape index (κ2) is 5.29. The summed E-state index contributed by atoms with van der Waals surface area (Å²) in [6, 6.07) is 3.04. The van der Waals surface area contributed by atoms with Crippen LogP contribution in [0.25, 0.3) is 0 Å². The molecule has 0 aliphatic rings. The van der Waals surface area contributed by atoms with Crippen LogP contribution < -0.4 is 0 Å². The first-order chi connectivity index (χ1) is 7.91. The van der Waals surface area contributed by atoms with E-state index >= 15 is 0 Å². The summed E-state index contributed by atoms with van der Waals surface area (Å²) in [4.78, 5) is 23.2. The lowest BCUT2D eigenvalue weighted by atomic mass is 10.1. The van der Waals surface area contributed by atoms with Crippen molar-refractivity contribution in [3.63, 3.8) is 0 Å². The SMILES string of the molecule is CN(CCC(=O)O)C(=O)c1ccc(F)cc1O. The smallest absolute Gasteiger partial charge is 0.305 e. The third-order valence-corrected chi connectivity index (χ3v) is 2.20. The van der Waals surface area contributed by atoms with Crippen LogP contribution in [-0.2, 0) is 4.79 Å². The Morgan fingerprint density at radius 2 is 2.06 bits per heavy atom. The number of rotatable bonds is 4. The third kappa shape index (κ3) is 3.44. The molecule has 0 fully saturated rings. The summed E-state index contributed by atoms with van der Waals surface area (Å²) in [5.41, 5.74) is -0.0562. The zero-order valence-electron chi connectivity index (χ0n) is 9.18. The molecule has 5 nitrogen and oxygen atoms in total. The summed E-state index contributed by atoms with van der Waals surface area (Å²) in [6.07, 6.45) is -0.190. The van der Waals surface area contributed by atoms with Gasteiger partial charge in [0, 0.05) is 19.7 Å². The monoisotopic (exact) mass is 241 g/mol. The second-order valence-electron chi connectivity index (χ2n) is 3.53. The van der Waals surface area contributed by atoms with Gasteiger partial charge in [0.15, 0.2) is 0 Å². The highest BCUT2D eigenvalue weighted by Gasteiger charge is 2.16. The minimum absolute atomic E-state index is 0.0188. The van der Waals surface area contributed by atoms with E-state index in [9.17, 15) is 19.1 Å². The highest BCUT2D eigenvalue weighted by atomic mass is 19.1. The number of aromatic hydroxyl groups is 1. The van der Waals surface area contributed by atoms with Gasteiger partial charge in [-0.25, -0.2) is 4.39 Å². The van der Waals surface area contributed by atoms with Gasteiger partial charge in [0.05, 0.1) is 12.0 Å². The van der Waals surface area contributed by atoms with E-state index < -0.39 is 23.4 Å². The summed E-state index contributed by atoms with van der Waals surface area (Å²) in [6.45, 7) is 0.0188. The van der Waals surface area contributed by atoms with Gasteiger partial charge < -0.3 is 15.1 Å². The number of hydrogen-bond acceptors (Lipinski definition) is 3. The maximum atomic E-state index is 12.7. The molecule has 1 rings (SSSR count). The number of benzene rings is 1. The van der Waals surface area contributed by atoms with Gasteiger partial charge in [0.2, 0.25) is 0 Å². The van der Waals surface area contributed by atoms with Crippen molar-refractivity contribution in [2.75, 3.05) is 13.6 Å². The van der Waals surface area contributed by atoms with Crippen molar-refractivity contribution in [2.45, 2.75) is 6.42 Å².